The number of halogens is 6. The number of epoxide rings is 1. The van der Waals surface area contributed by atoms with E-state index in [1.54, 1.807) is 0 Å². The van der Waals surface area contributed by atoms with E-state index >= 15 is 0 Å². The molecule has 0 radical (unpaired) electrons. The standard InChI is InChI=1S/C7H8F6O2/c8-1-5(9)6(10,11)7(12,13)15-3-4-2-14-4/h4-5H,1-3H2. The van der Waals surface area contributed by atoms with Gasteiger partial charge in [0.05, 0.1) is 13.2 Å². The fraction of sp³-hybridized carbons (Fsp3) is 1.00. The molecule has 15 heavy (non-hydrogen) atoms. The molecular formula is C7H8F6O2. The van der Waals surface area contributed by atoms with Gasteiger partial charge in [0.25, 0.3) is 0 Å². The van der Waals surface area contributed by atoms with Gasteiger partial charge in [-0.3, -0.25) is 0 Å². The van der Waals surface area contributed by atoms with Crippen LogP contribution in [0.1, 0.15) is 0 Å². The second kappa shape index (κ2) is 4.17. The third kappa shape index (κ3) is 2.75. The Labute approximate surface area is 81.1 Å². The van der Waals surface area contributed by atoms with E-state index in [9.17, 15) is 26.3 Å². The van der Waals surface area contributed by atoms with Crippen LogP contribution in [0.3, 0.4) is 0 Å². The van der Waals surface area contributed by atoms with Crippen LogP contribution in [0.4, 0.5) is 26.3 Å². The van der Waals surface area contributed by atoms with Crippen LogP contribution in [0.5, 0.6) is 0 Å². The molecule has 1 aliphatic rings. The highest BCUT2D eigenvalue weighted by molar-refractivity contribution is 4.85. The smallest absolute Gasteiger partial charge is 0.371 e. The molecule has 2 atom stereocenters. The summed E-state index contributed by atoms with van der Waals surface area (Å²) in [5.74, 6) is -5.18. The van der Waals surface area contributed by atoms with Crippen LogP contribution in [0.15, 0.2) is 0 Å². The van der Waals surface area contributed by atoms with Gasteiger partial charge in [0, 0.05) is 0 Å². The Morgan fingerprint density at radius 3 is 2.27 bits per heavy atom. The fourth-order valence-electron chi connectivity index (χ4n) is 0.737. The first-order valence-corrected chi connectivity index (χ1v) is 4.02. The maximum atomic E-state index is 12.6. The second-order valence-electron chi connectivity index (χ2n) is 3.03. The summed E-state index contributed by atoms with van der Waals surface area (Å²) in [4.78, 5) is 0. The van der Waals surface area contributed by atoms with Crippen LogP contribution in [-0.4, -0.2) is 44.2 Å². The Kier molecular flexibility index (Phi) is 3.49. The number of rotatable bonds is 6. The van der Waals surface area contributed by atoms with Gasteiger partial charge in [-0.1, -0.05) is 0 Å². The van der Waals surface area contributed by atoms with Crippen molar-refractivity contribution in [2.24, 2.45) is 0 Å². The van der Waals surface area contributed by atoms with Crippen molar-refractivity contribution in [3.05, 3.63) is 0 Å². The first-order valence-electron chi connectivity index (χ1n) is 4.02. The number of hydrogen-bond donors (Lipinski definition) is 0. The predicted molar refractivity (Wildman–Crippen MR) is 36.5 cm³/mol. The summed E-state index contributed by atoms with van der Waals surface area (Å²) in [6.07, 6.45) is -9.30. The number of hydrogen-bond acceptors (Lipinski definition) is 2. The van der Waals surface area contributed by atoms with Crippen molar-refractivity contribution in [1.29, 1.82) is 0 Å². The van der Waals surface area contributed by atoms with E-state index in [-0.39, 0.29) is 6.61 Å². The molecule has 0 aromatic carbocycles. The Hall–Kier alpha value is -0.500. The highest BCUT2D eigenvalue weighted by Gasteiger charge is 2.63. The molecule has 0 bridgehead atoms. The summed E-state index contributed by atoms with van der Waals surface area (Å²) in [5, 5.41) is 0. The van der Waals surface area contributed by atoms with Crippen LogP contribution < -0.4 is 0 Å². The van der Waals surface area contributed by atoms with Crippen LogP contribution in [0.2, 0.25) is 0 Å². The van der Waals surface area contributed by atoms with E-state index in [0.717, 1.165) is 0 Å². The summed E-state index contributed by atoms with van der Waals surface area (Å²) < 4.78 is 82.0. The molecule has 90 valence electrons. The van der Waals surface area contributed by atoms with Gasteiger partial charge in [0.2, 0.25) is 6.17 Å². The normalized spacial score (nSPS) is 24.0. The molecule has 2 nitrogen and oxygen atoms in total. The molecule has 0 aromatic rings. The van der Waals surface area contributed by atoms with Gasteiger partial charge in [0.1, 0.15) is 12.8 Å². The molecule has 0 saturated carbocycles. The first-order chi connectivity index (χ1) is 6.81. The molecule has 2 unspecified atom stereocenters. The summed E-state index contributed by atoms with van der Waals surface area (Å²) in [7, 11) is 0. The van der Waals surface area contributed by atoms with Crippen LogP contribution in [0.25, 0.3) is 0 Å². The van der Waals surface area contributed by atoms with Gasteiger partial charge in [0.15, 0.2) is 0 Å². The minimum absolute atomic E-state index is 0.129. The molecule has 1 rings (SSSR count). The monoisotopic (exact) mass is 238 g/mol. The lowest BCUT2D eigenvalue weighted by Crippen LogP contribution is -2.50. The zero-order chi connectivity index (χ0) is 11.7. The van der Waals surface area contributed by atoms with Crippen molar-refractivity contribution in [3.8, 4) is 0 Å². The summed E-state index contributed by atoms with van der Waals surface area (Å²) >= 11 is 0. The highest BCUT2D eigenvalue weighted by Crippen LogP contribution is 2.40. The summed E-state index contributed by atoms with van der Waals surface area (Å²) in [6, 6.07) is 0. The third-order valence-corrected chi connectivity index (χ3v) is 1.77. The van der Waals surface area contributed by atoms with Crippen molar-refractivity contribution in [1.82, 2.24) is 0 Å². The second-order valence-corrected chi connectivity index (χ2v) is 3.03. The minimum Gasteiger partial charge on any atom is -0.371 e. The van der Waals surface area contributed by atoms with Gasteiger partial charge >= 0.3 is 12.0 Å². The third-order valence-electron chi connectivity index (χ3n) is 1.77. The summed E-state index contributed by atoms with van der Waals surface area (Å²) in [5.41, 5.74) is 0. The topological polar surface area (TPSA) is 21.8 Å². The van der Waals surface area contributed by atoms with E-state index in [1.807, 2.05) is 0 Å². The highest BCUT2D eigenvalue weighted by atomic mass is 19.3. The van der Waals surface area contributed by atoms with Crippen LogP contribution in [0, 0.1) is 0 Å². The minimum atomic E-state index is -5.18. The average molecular weight is 238 g/mol. The molecule has 0 amide bonds. The van der Waals surface area contributed by atoms with Gasteiger partial charge in [-0.25, -0.2) is 8.78 Å². The van der Waals surface area contributed by atoms with E-state index in [2.05, 4.69) is 9.47 Å². The molecule has 8 heteroatoms. The molecule has 0 spiro atoms. The van der Waals surface area contributed by atoms with E-state index in [1.165, 1.54) is 0 Å². The van der Waals surface area contributed by atoms with Gasteiger partial charge in [-0.05, 0) is 0 Å². The lowest BCUT2D eigenvalue weighted by atomic mass is 10.2. The van der Waals surface area contributed by atoms with E-state index in [0.29, 0.717) is 0 Å². The average Bonchev–Trinajstić information content (AvgIpc) is 2.96. The Morgan fingerprint density at radius 2 is 1.87 bits per heavy atom. The molecule has 0 N–H and O–H groups in total. The molecule has 0 aliphatic carbocycles. The first kappa shape index (κ1) is 12.6. The predicted octanol–water partition coefficient (Wildman–Crippen LogP) is 1.94. The van der Waals surface area contributed by atoms with Crippen molar-refractivity contribution in [3.63, 3.8) is 0 Å². The number of alkyl halides is 6. The molecule has 1 saturated heterocycles. The van der Waals surface area contributed by atoms with E-state index in [4.69, 9.17) is 0 Å². The largest absolute Gasteiger partial charge is 0.422 e. The van der Waals surface area contributed by atoms with Gasteiger partial charge in [-0.15, -0.1) is 0 Å². The van der Waals surface area contributed by atoms with Crippen molar-refractivity contribution in [2.75, 3.05) is 19.9 Å². The van der Waals surface area contributed by atoms with E-state index < -0.39 is 37.6 Å². The number of ether oxygens (including phenoxy) is 2. The van der Waals surface area contributed by atoms with Crippen LogP contribution in [-0.2, 0) is 9.47 Å². The molecular weight excluding hydrogens is 230 g/mol. The van der Waals surface area contributed by atoms with Crippen LogP contribution >= 0.6 is 0 Å². The molecule has 1 heterocycles. The summed E-state index contributed by atoms with van der Waals surface area (Å²) in [6.45, 7) is -2.85. The molecule has 1 aliphatic heterocycles. The molecule has 0 aromatic heterocycles. The van der Waals surface area contributed by atoms with Crippen molar-refractivity contribution < 1.29 is 35.8 Å². The Bertz CT molecular complexity index is 218. The van der Waals surface area contributed by atoms with Crippen molar-refractivity contribution >= 4 is 0 Å². The zero-order valence-corrected chi connectivity index (χ0v) is 7.36. The Balaban J connectivity index is 2.55. The SMILES string of the molecule is FCC(F)C(F)(F)C(F)(F)OCC1CO1. The Morgan fingerprint density at radius 1 is 1.33 bits per heavy atom. The fourth-order valence-corrected chi connectivity index (χ4v) is 0.737. The van der Waals surface area contributed by atoms with Gasteiger partial charge < -0.3 is 9.47 Å². The van der Waals surface area contributed by atoms with Gasteiger partial charge in [-0.2, -0.15) is 17.6 Å². The van der Waals surface area contributed by atoms with Crippen molar-refractivity contribution in [2.45, 2.75) is 24.3 Å². The quantitative estimate of drug-likeness (QED) is 0.521. The lowest BCUT2D eigenvalue weighted by Gasteiger charge is -2.27. The maximum Gasteiger partial charge on any atom is 0.422 e. The lowest BCUT2D eigenvalue weighted by molar-refractivity contribution is -0.363. The maximum absolute atomic E-state index is 12.6. The molecule has 1 fully saturated rings. The zero-order valence-electron chi connectivity index (χ0n) is 7.36.